The minimum Gasteiger partial charge on any atom is -0.497 e. The van der Waals surface area contributed by atoms with E-state index in [4.69, 9.17) is 4.74 Å². The number of thiophene rings is 1. The SMILES string of the molecule is CCCNC(c1ccc(Br)s1)c1ccc(OC)cc1F. The Morgan fingerprint density at radius 1 is 1.35 bits per heavy atom. The summed E-state index contributed by atoms with van der Waals surface area (Å²) in [6.07, 6.45) is 1.00. The molecule has 20 heavy (non-hydrogen) atoms. The van der Waals surface area contributed by atoms with Crippen molar-refractivity contribution < 1.29 is 9.13 Å². The first-order valence-corrected chi connectivity index (χ1v) is 8.08. The smallest absolute Gasteiger partial charge is 0.132 e. The number of nitrogens with one attached hydrogen (secondary N) is 1. The van der Waals surface area contributed by atoms with E-state index in [1.165, 1.54) is 13.2 Å². The molecular formula is C15H17BrFNOS. The van der Waals surface area contributed by atoms with E-state index in [1.807, 2.05) is 12.1 Å². The van der Waals surface area contributed by atoms with Gasteiger partial charge in [0.1, 0.15) is 11.6 Å². The Labute approximate surface area is 131 Å². The second-order valence-electron chi connectivity index (χ2n) is 4.42. The molecule has 1 atom stereocenters. The quantitative estimate of drug-likeness (QED) is 0.805. The summed E-state index contributed by atoms with van der Waals surface area (Å²) < 4.78 is 20.4. The summed E-state index contributed by atoms with van der Waals surface area (Å²) in [5.74, 6) is 0.287. The lowest BCUT2D eigenvalue weighted by molar-refractivity contribution is 0.410. The minimum atomic E-state index is -0.248. The summed E-state index contributed by atoms with van der Waals surface area (Å²) in [5, 5.41) is 3.40. The Kier molecular flexibility index (Phi) is 5.57. The van der Waals surface area contributed by atoms with E-state index in [9.17, 15) is 4.39 Å². The molecule has 1 unspecified atom stereocenters. The maximum atomic E-state index is 14.3. The molecule has 108 valence electrons. The van der Waals surface area contributed by atoms with Gasteiger partial charge in [0.2, 0.25) is 0 Å². The van der Waals surface area contributed by atoms with Crippen LogP contribution in [-0.4, -0.2) is 13.7 Å². The Hall–Kier alpha value is -0.910. The standard InChI is InChI=1S/C15H17BrFNOS/c1-3-8-18-15(13-6-7-14(16)20-13)11-5-4-10(19-2)9-12(11)17/h4-7,9,15,18H,3,8H2,1-2H3. The van der Waals surface area contributed by atoms with Crippen molar-refractivity contribution in [2.45, 2.75) is 19.4 Å². The largest absolute Gasteiger partial charge is 0.497 e. The average molecular weight is 358 g/mol. The van der Waals surface area contributed by atoms with Crippen LogP contribution in [-0.2, 0) is 0 Å². The number of rotatable bonds is 6. The van der Waals surface area contributed by atoms with Crippen molar-refractivity contribution in [2.75, 3.05) is 13.7 Å². The molecule has 0 fully saturated rings. The number of hydrogen-bond acceptors (Lipinski definition) is 3. The fraction of sp³-hybridized carbons (Fsp3) is 0.333. The van der Waals surface area contributed by atoms with Gasteiger partial charge in [-0.25, -0.2) is 4.39 Å². The summed E-state index contributed by atoms with van der Waals surface area (Å²) in [6, 6.07) is 8.89. The molecule has 0 bridgehead atoms. The van der Waals surface area contributed by atoms with E-state index in [2.05, 4.69) is 28.2 Å². The van der Waals surface area contributed by atoms with Crippen molar-refractivity contribution in [1.82, 2.24) is 5.32 Å². The first-order chi connectivity index (χ1) is 9.65. The van der Waals surface area contributed by atoms with Crippen molar-refractivity contribution in [2.24, 2.45) is 0 Å². The maximum Gasteiger partial charge on any atom is 0.132 e. The molecule has 0 aliphatic carbocycles. The second kappa shape index (κ2) is 7.20. The zero-order valence-electron chi connectivity index (χ0n) is 11.5. The number of ether oxygens (including phenoxy) is 1. The fourth-order valence-electron chi connectivity index (χ4n) is 2.00. The van der Waals surface area contributed by atoms with Crippen LogP contribution in [0.15, 0.2) is 34.1 Å². The van der Waals surface area contributed by atoms with Crippen molar-refractivity contribution in [3.63, 3.8) is 0 Å². The van der Waals surface area contributed by atoms with Gasteiger partial charge in [-0.2, -0.15) is 0 Å². The Morgan fingerprint density at radius 3 is 2.70 bits per heavy atom. The van der Waals surface area contributed by atoms with Crippen LogP contribution in [0.4, 0.5) is 4.39 Å². The molecule has 0 aliphatic heterocycles. The zero-order valence-corrected chi connectivity index (χ0v) is 13.9. The van der Waals surface area contributed by atoms with E-state index in [0.717, 1.165) is 21.6 Å². The monoisotopic (exact) mass is 357 g/mol. The van der Waals surface area contributed by atoms with Crippen LogP contribution in [0.25, 0.3) is 0 Å². The molecule has 2 aromatic rings. The fourth-order valence-corrected chi connectivity index (χ4v) is 3.52. The van der Waals surface area contributed by atoms with Crippen molar-refractivity contribution >= 4 is 27.3 Å². The van der Waals surface area contributed by atoms with Gasteiger partial charge in [-0.05, 0) is 47.1 Å². The average Bonchev–Trinajstić information content (AvgIpc) is 2.87. The molecule has 0 spiro atoms. The summed E-state index contributed by atoms with van der Waals surface area (Å²) in [6.45, 7) is 2.93. The predicted octanol–water partition coefficient (Wildman–Crippen LogP) is 4.75. The first kappa shape index (κ1) is 15.5. The van der Waals surface area contributed by atoms with Gasteiger partial charge in [-0.15, -0.1) is 11.3 Å². The van der Waals surface area contributed by atoms with Gasteiger partial charge in [-0.3, -0.25) is 0 Å². The van der Waals surface area contributed by atoms with Gasteiger partial charge >= 0.3 is 0 Å². The Bertz CT molecular complexity index is 573. The van der Waals surface area contributed by atoms with Crippen molar-refractivity contribution in [3.05, 3.63) is 50.4 Å². The third-order valence-corrected chi connectivity index (χ3v) is 4.68. The normalized spacial score (nSPS) is 12.4. The lowest BCUT2D eigenvalue weighted by atomic mass is 10.0. The van der Waals surface area contributed by atoms with Gasteiger partial charge < -0.3 is 10.1 Å². The van der Waals surface area contributed by atoms with E-state index >= 15 is 0 Å². The van der Waals surface area contributed by atoms with Gasteiger partial charge in [0.05, 0.1) is 16.9 Å². The van der Waals surface area contributed by atoms with Crippen LogP contribution < -0.4 is 10.1 Å². The van der Waals surface area contributed by atoms with Crippen molar-refractivity contribution in [3.8, 4) is 5.75 Å². The molecule has 1 aromatic carbocycles. The lowest BCUT2D eigenvalue weighted by Gasteiger charge is -2.18. The number of hydrogen-bond donors (Lipinski definition) is 1. The highest BCUT2D eigenvalue weighted by Gasteiger charge is 2.19. The third kappa shape index (κ3) is 3.59. The highest BCUT2D eigenvalue weighted by Crippen LogP contribution is 2.33. The van der Waals surface area contributed by atoms with Crippen LogP contribution in [0.3, 0.4) is 0 Å². The molecular weight excluding hydrogens is 341 g/mol. The summed E-state index contributed by atoms with van der Waals surface area (Å²) in [7, 11) is 1.54. The molecule has 0 radical (unpaired) electrons. The molecule has 0 saturated heterocycles. The van der Waals surface area contributed by atoms with Gasteiger partial charge in [0.25, 0.3) is 0 Å². The van der Waals surface area contributed by atoms with E-state index in [0.29, 0.717) is 11.3 Å². The van der Waals surface area contributed by atoms with Gasteiger partial charge in [0.15, 0.2) is 0 Å². The lowest BCUT2D eigenvalue weighted by Crippen LogP contribution is -2.23. The molecule has 0 amide bonds. The molecule has 5 heteroatoms. The van der Waals surface area contributed by atoms with Gasteiger partial charge in [0, 0.05) is 16.5 Å². The Morgan fingerprint density at radius 2 is 2.15 bits per heavy atom. The predicted molar refractivity (Wildman–Crippen MR) is 85.1 cm³/mol. The van der Waals surface area contributed by atoms with Crippen LogP contribution in [0, 0.1) is 5.82 Å². The molecule has 1 aromatic heterocycles. The van der Waals surface area contributed by atoms with E-state index in [-0.39, 0.29) is 11.9 Å². The number of methoxy groups -OCH3 is 1. The molecule has 2 rings (SSSR count). The summed E-state index contributed by atoms with van der Waals surface area (Å²) in [5.41, 5.74) is 0.647. The van der Waals surface area contributed by atoms with E-state index in [1.54, 1.807) is 23.5 Å². The molecule has 1 heterocycles. The molecule has 1 N–H and O–H groups in total. The van der Waals surface area contributed by atoms with Crippen LogP contribution in [0.2, 0.25) is 0 Å². The van der Waals surface area contributed by atoms with E-state index < -0.39 is 0 Å². The molecule has 2 nitrogen and oxygen atoms in total. The van der Waals surface area contributed by atoms with Crippen molar-refractivity contribution in [1.29, 1.82) is 0 Å². The zero-order chi connectivity index (χ0) is 14.5. The van der Waals surface area contributed by atoms with Crippen LogP contribution in [0.5, 0.6) is 5.75 Å². The number of benzene rings is 1. The highest BCUT2D eigenvalue weighted by atomic mass is 79.9. The first-order valence-electron chi connectivity index (χ1n) is 6.47. The van der Waals surface area contributed by atoms with Crippen LogP contribution >= 0.6 is 27.3 Å². The Balaban J connectivity index is 2.35. The minimum absolute atomic E-state index is 0.128. The summed E-state index contributed by atoms with van der Waals surface area (Å²) >= 11 is 5.08. The summed E-state index contributed by atoms with van der Waals surface area (Å²) in [4.78, 5) is 1.09. The second-order valence-corrected chi connectivity index (χ2v) is 6.91. The number of halogens is 2. The maximum absolute atomic E-state index is 14.3. The highest BCUT2D eigenvalue weighted by molar-refractivity contribution is 9.11. The molecule has 0 saturated carbocycles. The van der Waals surface area contributed by atoms with Gasteiger partial charge in [-0.1, -0.05) is 13.0 Å². The van der Waals surface area contributed by atoms with Crippen LogP contribution in [0.1, 0.15) is 29.8 Å². The molecule has 0 aliphatic rings. The third-order valence-electron chi connectivity index (χ3n) is 3.00. The topological polar surface area (TPSA) is 21.3 Å².